The van der Waals surface area contributed by atoms with Gasteiger partial charge >= 0.3 is 5.97 Å². The summed E-state index contributed by atoms with van der Waals surface area (Å²) in [5.74, 6) is -2.50. The average molecular weight is 343 g/mol. The zero-order chi connectivity index (χ0) is 14.9. The summed E-state index contributed by atoms with van der Waals surface area (Å²) in [6.45, 7) is 1.60. The molecule has 20 heavy (non-hydrogen) atoms. The van der Waals surface area contributed by atoms with E-state index in [0.717, 1.165) is 12.1 Å². The van der Waals surface area contributed by atoms with E-state index in [1.165, 1.54) is 12.1 Å². The van der Waals surface area contributed by atoms with E-state index in [4.69, 9.17) is 9.84 Å². The van der Waals surface area contributed by atoms with E-state index in [1.807, 2.05) is 0 Å². The van der Waals surface area contributed by atoms with Gasteiger partial charge in [-0.15, -0.1) is 0 Å². The molecule has 0 aliphatic rings. The van der Waals surface area contributed by atoms with Gasteiger partial charge in [-0.25, -0.2) is 13.6 Å². The molecule has 0 saturated heterocycles. The van der Waals surface area contributed by atoms with Gasteiger partial charge in [-0.3, -0.25) is 0 Å². The highest BCUT2D eigenvalue weighted by Crippen LogP contribution is 2.34. The quantitative estimate of drug-likeness (QED) is 0.891. The summed E-state index contributed by atoms with van der Waals surface area (Å²) in [7, 11) is 0. The van der Waals surface area contributed by atoms with Crippen molar-refractivity contribution in [3.8, 4) is 11.5 Å². The Labute approximate surface area is 121 Å². The van der Waals surface area contributed by atoms with Crippen molar-refractivity contribution in [2.75, 3.05) is 0 Å². The first-order valence-electron chi connectivity index (χ1n) is 5.55. The first kappa shape index (κ1) is 14.5. The highest BCUT2D eigenvalue weighted by molar-refractivity contribution is 9.10. The molecule has 0 atom stereocenters. The lowest BCUT2D eigenvalue weighted by atomic mass is 10.1. The molecule has 0 saturated carbocycles. The molecule has 2 aromatic rings. The topological polar surface area (TPSA) is 46.5 Å². The molecule has 3 nitrogen and oxygen atoms in total. The number of carboxylic acid groups (broad SMARTS) is 1. The van der Waals surface area contributed by atoms with E-state index in [9.17, 15) is 13.6 Å². The number of benzene rings is 2. The van der Waals surface area contributed by atoms with Crippen LogP contribution in [0.3, 0.4) is 0 Å². The lowest BCUT2D eigenvalue weighted by Crippen LogP contribution is -2.01. The van der Waals surface area contributed by atoms with Crippen molar-refractivity contribution in [3.63, 3.8) is 0 Å². The van der Waals surface area contributed by atoms with Gasteiger partial charge in [0.1, 0.15) is 11.6 Å². The minimum atomic E-state index is -1.07. The standard InChI is InChI=1S/C14H9BrF2O3/c1-7-9(14(18)19)3-5-12(13(7)15)20-11-4-2-8(16)6-10(11)17/h2-6H,1H3,(H,18,19). The maximum atomic E-state index is 13.5. The lowest BCUT2D eigenvalue weighted by Gasteiger charge is -2.11. The maximum Gasteiger partial charge on any atom is 0.335 e. The number of hydrogen-bond donors (Lipinski definition) is 1. The van der Waals surface area contributed by atoms with Crippen molar-refractivity contribution in [2.24, 2.45) is 0 Å². The summed E-state index contributed by atoms with van der Waals surface area (Å²) in [4.78, 5) is 11.0. The third-order valence-electron chi connectivity index (χ3n) is 2.70. The van der Waals surface area contributed by atoms with E-state index in [0.29, 0.717) is 16.1 Å². The van der Waals surface area contributed by atoms with Gasteiger partial charge in [0.05, 0.1) is 10.0 Å². The number of rotatable bonds is 3. The Morgan fingerprint density at radius 1 is 1.20 bits per heavy atom. The summed E-state index contributed by atoms with van der Waals surface area (Å²) >= 11 is 3.21. The second-order valence-corrected chi connectivity index (χ2v) is 4.83. The van der Waals surface area contributed by atoms with E-state index >= 15 is 0 Å². The van der Waals surface area contributed by atoms with Gasteiger partial charge in [0, 0.05) is 6.07 Å². The van der Waals surface area contributed by atoms with Crippen LogP contribution in [0.5, 0.6) is 11.5 Å². The van der Waals surface area contributed by atoms with Crippen LogP contribution in [0.1, 0.15) is 15.9 Å². The zero-order valence-electron chi connectivity index (χ0n) is 10.3. The number of carbonyl (C=O) groups is 1. The highest BCUT2D eigenvalue weighted by atomic mass is 79.9. The molecule has 0 radical (unpaired) electrons. The average Bonchev–Trinajstić information content (AvgIpc) is 2.37. The molecule has 0 aliphatic heterocycles. The molecular formula is C14H9BrF2O3. The van der Waals surface area contributed by atoms with Crippen LogP contribution in [0.4, 0.5) is 8.78 Å². The fraction of sp³-hybridized carbons (Fsp3) is 0.0714. The van der Waals surface area contributed by atoms with Crippen LogP contribution < -0.4 is 4.74 Å². The minimum absolute atomic E-state index is 0.115. The third kappa shape index (κ3) is 2.80. The van der Waals surface area contributed by atoms with Crippen LogP contribution >= 0.6 is 15.9 Å². The van der Waals surface area contributed by atoms with Gasteiger partial charge in [-0.1, -0.05) is 0 Å². The smallest absolute Gasteiger partial charge is 0.335 e. The zero-order valence-corrected chi connectivity index (χ0v) is 11.9. The summed E-state index contributed by atoms with van der Waals surface area (Å²) in [5, 5.41) is 8.98. The minimum Gasteiger partial charge on any atom is -0.478 e. The fourth-order valence-electron chi connectivity index (χ4n) is 1.65. The van der Waals surface area contributed by atoms with E-state index in [-0.39, 0.29) is 17.1 Å². The normalized spacial score (nSPS) is 10.4. The SMILES string of the molecule is Cc1c(C(=O)O)ccc(Oc2ccc(F)cc2F)c1Br. The number of halogens is 3. The van der Waals surface area contributed by atoms with Gasteiger partial charge < -0.3 is 9.84 Å². The Hall–Kier alpha value is -1.95. The predicted molar refractivity (Wildman–Crippen MR) is 72.3 cm³/mol. The number of hydrogen-bond acceptors (Lipinski definition) is 2. The highest BCUT2D eigenvalue weighted by Gasteiger charge is 2.15. The number of carboxylic acids is 1. The Kier molecular flexibility index (Phi) is 4.04. The first-order valence-corrected chi connectivity index (χ1v) is 6.34. The number of ether oxygens (including phenoxy) is 1. The van der Waals surface area contributed by atoms with Crippen molar-refractivity contribution >= 4 is 21.9 Å². The molecule has 104 valence electrons. The Bertz CT molecular complexity index is 686. The van der Waals surface area contributed by atoms with Crippen molar-refractivity contribution in [1.82, 2.24) is 0 Å². The molecule has 0 aromatic heterocycles. The van der Waals surface area contributed by atoms with Crippen LogP contribution in [0.2, 0.25) is 0 Å². The van der Waals surface area contributed by atoms with Gasteiger partial charge in [-0.2, -0.15) is 0 Å². The summed E-state index contributed by atoms with van der Waals surface area (Å²) < 4.78 is 32.0. The van der Waals surface area contributed by atoms with E-state index < -0.39 is 17.6 Å². The van der Waals surface area contributed by atoms with Crippen molar-refractivity contribution < 1.29 is 23.4 Å². The van der Waals surface area contributed by atoms with Crippen LogP contribution in [0.15, 0.2) is 34.8 Å². The van der Waals surface area contributed by atoms with Crippen molar-refractivity contribution in [3.05, 3.63) is 57.6 Å². The fourth-order valence-corrected chi connectivity index (χ4v) is 2.07. The summed E-state index contributed by atoms with van der Waals surface area (Å²) in [6, 6.07) is 5.71. The molecule has 0 amide bonds. The summed E-state index contributed by atoms with van der Waals surface area (Å²) in [6.07, 6.45) is 0. The monoisotopic (exact) mass is 342 g/mol. The molecular weight excluding hydrogens is 334 g/mol. The largest absolute Gasteiger partial charge is 0.478 e. The lowest BCUT2D eigenvalue weighted by molar-refractivity contribution is 0.0696. The Balaban J connectivity index is 2.39. The first-order chi connectivity index (χ1) is 9.40. The molecule has 0 unspecified atom stereocenters. The Morgan fingerprint density at radius 2 is 1.85 bits per heavy atom. The van der Waals surface area contributed by atoms with Crippen molar-refractivity contribution in [1.29, 1.82) is 0 Å². The maximum absolute atomic E-state index is 13.5. The molecule has 0 heterocycles. The van der Waals surface area contributed by atoms with Gasteiger partial charge in [0.15, 0.2) is 11.6 Å². The predicted octanol–water partition coefficient (Wildman–Crippen LogP) is 4.53. The second-order valence-electron chi connectivity index (χ2n) is 4.03. The Morgan fingerprint density at radius 3 is 2.45 bits per heavy atom. The van der Waals surface area contributed by atoms with Crippen LogP contribution in [0, 0.1) is 18.6 Å². The van der Waals surface area contributed by atoms with Crippen LogP contribution in [0.25, 0.3) is 0 Å². The van der Waals surface area contributed by atoms with Crippen LogP contribution in [-0.2, 0) is 0 Å². The van der Waals surface area contributed by atoms with E-state index in [2.05, 4.69) is 15.9 Å². The van der Waals surface area contributed by atoms with Gasteiger partial charge in [-0.05, 0) is 52.7 Å². The molecule has 0 bridgehead atoms. The molecule has 2 aromatic carbocycles. The molecule has 0 fully saturated rings. The van der Waals surface area contributed by atoms with E-state index in [1.54, 1.807) is 6.92 Å². The second kappa shape index (κ2) is 5.58. The molecule has 6 heteroatoms. The number of aromatic carboxylic acids is 1. The summed E-state index contributed by atoms with van der Waals surface area (Å²) in [5.41, 5.74) is 0.571. The molecule has 1 N–H and O–H groups in total. The molecule has 0 aliphatic carbocycles. The molecule has 2 rings (SSSR count). The molecule has 0 spiro atoms. The van der Waals surface area contributed by atoms with Crippen molar-refractivity contribution in [2.45, 2.75) is 6.92 Å². The van der Waals surface area contributed by atoms with Gasteiger partial charge in [0.25, 0.3) is 0 Å². The van der Waals surface area contributed by atoms with Crippen LogP contribution in [-0.4, -0.2) is 11.1 Å². The third-order valence-corrected chi connectivity index (χ3v) is 3.68. The van der Waals surface area contributed by atoms with Gasteiger partial charge in [0.2, 0.25) is 0 Å².